The Morgan fingerprint density at radius 2 is 0.917 bits per heavy atom. The standard InChI is InChI=1S/C24H48/c1-4-7-9-11-13-14-15-16-17-19-21-23-24(6-3)22-20-18-12-10-8-5-2/h23H,4-22H2,1-3H3. The van der Waals surface area contributed by atoms with Crippen molar-refractivity contribution >= 4 is 0 Å². The molecule has 0 aromatic rings. The molecule has 0 heteroatoms. The van der Waals surface area contributed by atoms with Gasteiger partial charge in [0.1, 0.15) is 0 Å². The maximum atomic E-state index is 2.57. The first-order valence-electron chi connectivity index (χ1n) is 11.5. The molecule has 0 aliphatic carbocycles. The minimum absolute atomic E-state index is 1.27. The normalized spacial score (nSPS) is 12.0. The molecule has 0 unspecified atom stereocenters. The van der Waals surface area contributed by atoms with Crippen LogP contribution in [0.25, 0.3) is 0 Å². The molecule has 0 rings (SSSR count). The Morgan fingerprint density at radius 3 is 1.38 bits per heavy atom. The van der Waals surface area contributed by atoms with Crippen molar-refractivity contribution in [2.45, 2.75) is 143 Å². The largest absolute Gasteiger partial charge is 0.0853 e. The lowest BCUT2D eigenvalue weighted by atomic mass is 10.0. The Morgan fingerprint density at radius 1 is 0.500 bits per heavy atom. The first-order valence-corrected chi connectivity index (χ1v) is 11.5. The topological polar surface area (TPSA) is 0 Å². The van der Waals surface area contributed by atoms with E-state index < -0.39 is 0 Å². The van der Waals surface area contributed by atoms with Crippen LogP contribution < -0.4 is 0 Å². The summed E-state index contributed by atoms with van der Waals surface area (Å²) in [7, 11) is 0. The highest BCUT2D eigenvalue weighted by molar-refractivity contribution is 5.00. The minimum atomic E-state index is 1.27. The summed E-state index contributed by atoms with van der Waals surface area (Å²) in [4.78, 5) is 0. The van der Waals surface area contributed by atoms with Crippen LogP contribution in [0.15, 0.2) is 11.6 Å². The van der Waals surface area contributed by atoms with E-state index in [1.165, 1.54) is 122 Å². The lowest BCUT2D eigenvalue weighted by Crippen LogP contribution is -1.86. The zero-order chi connectivity index (χ0) is 17.7. The quantitative estimate of drug-likeness (QED) is 0.163. The van der Waals surface area contributed by atoms with Crippen molar-refractivity contribution in [3.8, 4) is 0 Å². The average molecular weight is 337 g/mol. The molecule has 0 aromatic carbocycles. The van der Waals surface area contributed by atoms with Crippen molar-refractivity contribution < 1.29 is 0 Å². The fourth-order valence-corrected chi connectivity index (χ4v) is 3.49. The predicted octanol–water partition coefficient (Wildman–Crippen LogP) is 9.38. The highest BCUT2D eigenvalue weighted by Crippen LogP contribution is 2.17. The molecule has 144 valence electrons. The van der Waals surface area contributed by atoms with E-state index in [1.807, 2.05) is 0 Å². The van der Waals surface area contributed by atoms with E-state index in [1.54, 1.807) is 5.57 Å². The molecular weight excluding hydrogens is 288 g/mol. The van der Waals surface area contributed by atoms with Crippen LogP contribution in [0, 0.1) is 0 Å². The van der Waals surface area contributed by atoms with Crippen LogP contribution in [0.5, 0.6) is 0 Å². The van der Waals surface area contributed by atoms with E-state index in [0.717, 1.165) is 0 Å². The Hall–Kier alpha value is -0.260. The van der Waals surface area contributed by atoms with Crippen molar-refractivity contribution in [3.63, 3.8) is 0 Å². The summed E-state index contributed by atoms with van der Waals surface area (Å²) < 4.78 is 0. The number of unbranched alkanes of at least 4 members (excludes halogenated alkanes) is 15. The molecule has 0 radical (unpaired) electrons. The lowest BCUT2D eigenvalue weighted by molar-refractivity contribution is 0.557. The summed E-state index contributed by atoms with van der Waals surface area (Å²) >= 11 is 0. The van der Waals surface area contributed by atoms with Gasteiger partial charge in [0.2, 0.25) is 0 Å². The predicted molar refractivity (Wildman–Crippen MR) is 113 cm³/mol. The number of allylic oxidation sites excluding steroid dienone is 2. The molecule has 0 bridgehead atoms. The van der Waals surface area contributed by atoms with Gasteiger partial charge in [-0.15, -0.1) is 0 Å². The number of hydrogen-bond donors (Lipinski definition) is 0. The molecule has 0 saturated heterocycles. The average Bonchev–Trinajstić information content (AvgIpc) is 2.60. The third kappa shape index (κ3) is 18.1. The Kier molecular flexibility index (Phi) is 20.6. The molecule has 0 nitrogen and oxygen atoms in total. The van der Waals surface area contributed by atoms with Gasteiger partial charge in [-0.2, -0.15) is 0 Å². The van der Waals surface area contributed by atoms with Gasteiger partial charge in [0.15, 0.2) is 0 Å². The van der Waals surface area contributed by atoms with Gasteiger partial charge in [-0.05, 0) is 32.1 Å². The summed E-state index contributed by atoms with van der Waals surface area (Å²) in [6.45, 7) is 6.93. The fourth-order valence-electron chi connectivity index (χ4n) is 3.49. The summed E-state index contributed by atoms with van der Waals surface area (Å²) in [6.07, 6.45) is 29.5. The third-order valence-corrected chi connectivity index (χ3v) is 5.30. The van der Waals surface area contributed by atoms with Gasteiger partial charge < -0.3 is 0 Å². The monoisotopic (exact) mass is 336 g/mol. The SMILES string of the molecule is CCCCCCCCCCCCC=C(CC)CCCCCCCC. The molecule has 24 heavy (non-hydrogen) atoms. The van der Waals surface area contributed by atoms with E-state index in [-0.39, 0.29) is 0 Å². The van der Waals surface area contributed by atoms with E-state index in [9.17, 15) is 0 Å². The van der Waals surface area contributed by atoms with Gasteiger partial charge in [-0.1, -0.05) is 122 Å². The van der Waals surface area contributed by atoms with Crippen molar-refractivity contribution in [1.29, 1.82) is 0 Å². The minimum Gasteiger partial charge on any atom is -0.0853 e. The zero-order valence-corrected chi connectivity index (χ0v) is 17.5. The summed E-state index contributed by atoms with van der Waals surface area (Å²) in [5.74, 6) is 0. The highest BCUT2D eigenvalue weighted by Gasteiger charge is 1.97. The van der Waals surface area contributed by atoms with Crippen molar-refractivity contribution in [3.05, 3.63) is 11.6 Å². The van der Waals surface area contributed by atoms with E-state index in [4.69, 9.17) is 0 Å². The van der Waals surface area contributed by atoms with Gasteiger partial charge in [0.05, 0.1) is 0 Å². The molecule has 0 atom stereocenters. The smallest absolute Gasteiger partial charge is 0.0320 e. The third-order valence-electron chi connectivity index (χ3n) is 5.30. The van der Waals surface area contributed by atoms with Gasteiger partial charge >= 0.3 is 0 Å². The van der Waals surface area contributed by atoms with E-state index in [2.05, 4.69) is 26.8 Å². The lowest BCUT2D eigenvalue weighted by Gasteiger charge is -2.06. The van der Waals surface area contributed by atoms with Crippen molar-refractivity contribution in [1.82, 2.24) is 0 Å². The van der Waals surface area contributed by atoms with Crippen LogP contribution >= 0.6 is 0 Å². The van der Waals surface area contributed by atoms with Crippen LogP contribution in [0.1, 0.15) is 143 Å². The molecule has 0 saturated carbocycles. The van der Waals surface area contributed by atoms with Gasteiger partial charge in [0.25, 0.3) is 0 Å². The molecule has 0 aliphatic rings. The molecule has 0 spiro atoms. The summed E-state index contributed by atoms with van der Waals surface area (Å²) in [5, 5.41) is 0. The highest BCUT2D eigenvalue weighted by atomic mass is 14.0. The number of rotatable bonds is 19. The first-order chi connectivity index (χ1) is 11.8. The second kappa shape index (κ2) is 20.8. The second-order valence-electron chi connectivity index (χ2n) is 7.70. The van der Waals surface area contributed by atoms with Crippen LogP contribution in [-0.2, 0) is 0 Å². The van der Waals surface area contributed by atoms with Crippen LogP contribution in [0.3, 0.4) is 0 Å². The Labute approximate surface area is 154 Å². The van der Waals surface area contributed by atoms with Gasteiger partial charge in [-0.25, -0.2) is 0 Å². The molecule has 0 aromatic heterocycles. The molecule has 0 heterocycles. The van der Waals surface area contributed by atoms with Crippen LogP contribution in [-0.4, -0.2) is 0 Å². The molecule has 0 amide bonds. The number of hydrogen-bond acceptors (Lipinski definition) is 0. The maximum Gasteiger partial charge on any atom is -0.0320 e. The van der Waals surface area contributed by atoms with Gasteiger partial charge in [0, 0.05) is 0 Å². The van der Waals surface area contributed by atoms with Crippen LogP contribution in [0.2, 0.25) is 0 Å². The first kappa shape index (κ1) is 23.7. The van der Waals surface area contributed by atoms with E-state index >= 15 is 0 Å². The summed E-state index contributed by atoms with van der Waals surface area (Å²) in [6, 6.07) is 0. The van der Waals surface area contributed by atoms with Crippen LogP contribution in [0.4, 0.5) is 0 Å². The second-order valence-corrected chi connectivity index (χ2v) is 7.70. The summed E-state index contributed by atoms with van der Waals surface area (Å²) in [5.41, 5.74) is 1.72. The Bertz CT molecular complexity index is 251. The Balaban J connectivity index is 3.38. The van der Waals surface area contributed by atoms with Crippen molar-refractivity contribution in [2.75, 3.05) is 0 Å². The zero-order valence-electron chi connectivity index (χ0n) is 17.5. The maximum absolute atomic E-state index is 2.57. The molecule has 0 N–H and O–H groups in total. The van der Waals surface area contributed by atoms with E-state index in [0.29, 0.717) is 0 Å². The molecular formula is C24H48. The van der Waals surface area contributed by atoms with Crippen molar-refractivity contribution in [2.24, 2.45) is 0 Å². The fraction of sp³-hybridized carbons (Fsp3) is 0.917. The molecule has 0 aliphatic heterocycles. The molecule has 0 fully saturated rings. The van der Waals surface area contributed by atoms with Gasteiger partial charge in [-0.3, -0.25) is 0 Å².